The molecule has 0 atom stereocenters. The molecule has 3 nitrogen and oxygen atoms in total. The molecular formula is C14H8NO2Zn-. The van der Waals surface area contributed by atoms with Crippen molar-refractivity contribution in [3.05, 3.63) is 64.7 Å². The predicted octanol–water partition coefficient (Wildman–Crippen LogP) is 1.84. The van der Waals surface area contributed by atoms with Crippen molar-refractivity contribution < 1.29 is 29.1 Å². The van der Waals surface area contributed by atoms with Crippen LogP contribution in [0.15, 0.2) is 36.4 Å². The molecule has 1 aliphatic carbocycles. The van der Waals surface area contributed by atoms with E-state index in [2.05, 4.69) is 6.07 Å². The van der Waals surface area contributed by atoms with Crippen molar-refractivity contribution in [1.29, 1.82) is 0 Å². The topological polar surface area (TPSA) is 60.2 Å². The molecule has 0 amide bonds. The number of carbonyl (C=O) groups is 2. The van der Waals surface area contributed by atoms with Crippen LogP contribution in [0.4, 0.5) is 5.69 Å². The summed E-state index contributed by atoms with van der Waals surface area (Å²) in [5.41, 5.74) is 7.45. The van der Waals surface area contributed by atoms with Crippen LogP contribution in [-0.2, 0) is 19.5 Å². The number of carbonyl (C=O) groups excluding carboxylic acids is 2. The zero-order valence-electron chi connectivity index (χ0n) is 9.57. The number of fused-ring (bicyclic) bond motifs is 2. The minimum atomic E-state index is -0.204. The maximum absolute atomic E-state index is 12.2. The SMILES string of the molecule is Nc1[c-]ccc2c1C(=O)c1ccccc1C2=O.[Zn]. The molecule has 0 fully saturated rings. The number of rotatable bonds is 0. The second-order valence-electron chi connectivity index (χ2n) is 3.88. The first-order valence-electron chi connectivity index (χ1n) is 5.18. The first-order chi connectivity index (χ1) is 8.20. The van der Waals surface area contributed by atoms with E-state index in [0.29, 0.717) is 16.7 Å². The van der Waals surface area contributed by atoms with Gasteiger partial charge in [0.1, 0.15) is 5.78 Å². The Bertz CT molecular complexity index is 665. The van der Waals surface area contributed by atoms with Crippen LogP contribution < -0.4 is 5.73 Å². The second kappa shape index (κ2) is 4.47. The number of hydrogen-bond donors (Lipinski definition) is 1. The number of ketones is 2. The van der Waals surface area contributed by atoms with E-state index in [1.54, 1.807) is 36.4 Å². The standard InChI is InChI=1S/C14H8NO2.Zn/c15-11-7-3-6-10-12(11)14(17)9-5-2-1-4-8(9)13(10)16;/h1-6H,15H2;/q-1;. The summed E-state index contributed by atoms with van der Waals surface area (Å²) in [5.74, 6) is -0.361. The summed E-state index contributed by atoms with van der Waals surface area (Å²) < 4.78 is 0. The summed E-state index contributed by atoms with van der Waals surface area (Å²) in [7, 11) is 0. The molecule has 0 unspecified atom stereocenters. The van der Waals surface area contributed by atoms with E-state index in [1.807, 2.05) is 0 Å². The van der Waals surface area contributed by atoms with E-state index in [0.717, 1.165) is 0 Å². The van der Waals surface area contributed by atoms with Gasteiger partial charge in [0, 0.05) is 30.6 Å². The molecule has 0 radical (unpaired) electrons. The Morgan fingerprint density at radius 2 is 1.50 bits per heavy atom. The van der Waals surface area contributed by atoms with Crippen molar-refractivity contribution in [2.45, 2.75) is 0 Å². The molecule has 0 bridgehead atoms. The molecular weight excluding hydrogens is 280 g/mol. The molecule has 0 heterocycles. The molecule has 0 aliphatic heterocycles. The average Bonchev–Trinajstić information content (AvgIpc) is 2.36. The number of hydrogen-bond acceptors (Lipinski definition) is 3. The second-order valence-corrected chi connectivity index (χ2v) is 3.88. The van der Waals surface area contributed by atoms with Crippen molar-refractivity contribution in [3.8, 4) is 0 Å². The minimum absolute atomic E-state index is 0. The van der Waals surface area contributed by atoms with Crippen LogP contribution in [-0.4, -0.2) is 11.6 Å². The van der Waals surface area contributed by atoms with Crippen molar-refractivity contribution in [2.24, 2.45) is 0 Å². The number of benzene rings is 2. The Hall–Kier alpha value is -1.80. The van der Waals surface area contributed by atoms with Gasteiger partial charge in [-0.05, 0) is 0 Å². The normalized spacial score (nSPS) is 12.4. The van der Waals surface area contributed by atoms with Crippen LogP contribution in [0.2, 0.25) is 0 Å². The molecule has 0 aromatic heterocycles. The summed E-state index contributed by atoms with van der Waals surface area (Å²) in [4.78, 5) is 24.4. The van der Waals surface area contributed by atoms with Crippen molar-refractivity contribution in [2.75, 3.05) is 5.73 Å². The molecule has 4 heteroatoms. The van der Waals surface area contributed by atoms with E-state index < -0.39 is 0 Å². The maximum Gasteiger partial charge on any atom is 0.170 e. The third-order valence-electron chi connectivity index (χ3n) is 2.92. The van der Waals surface area contributed by atoms with Crippen LogP contribution in [0.25, 0.3) is 0 Å². The zero-order chi connectivity index (χ0) is 12.0. The Morgan fingerprint density at radius 3 is 2.17 bits per heavy atom. The van der Waals surface area contributed by atoms with E-state index >= 15 is 0 Å². The van der Waals surface area contributed by atoms with Crippen LogP contribution in [0.3, 0.4) is 0 Å². The van der Waals surface area contributed by atoms with Gasteiger partial charge in [0.15, 0.2) is 5.78 Å². The van der Waals surface area contributed by atoms with E-state index in [1.165, 1.54) is 0 Å². The fourth-order valence-corrected chi connectivity index (χ4v) is 2.11. The largest absolute Gasteiger partial charge is 0.419 e. The molecule has 2 aromatic rings. The van der Waals surface area contributed by atoms with Crippen molar-refractivity contribution >= 4 is 17.3 Å². The van der Waals surface area contributed by atoms with Crippen LogP contribution in [0.5, 0.6) is 0 Å². The average molecular weight is 288 g/mol. The van der Waals surface area contributed by atoms with Crippen molar-refractivity contribution in [1.82, 2.24) is 0 Å². The summed E-state index contributed by atoms with van der Waals surface area (Å²) in [6, 6.07) is 12.7. The number of nitrogens with two attached hydrogens (primary N) is 1. The van der Waals surface area contributed by atoms with E-state index in [9.17, 15) is 9.59 Å². The fourth-order valence-electron chi connectivity index (χ4n) is 2.11. The summed E-state index contributed by atoms with van der Waals surface area (Å²) >= 11 is 0. The van der Waals surface area contributed by atoms with Gasteiger partial charge in [0.05, 0.1) is 0 Å². The number of anilines is 1. The van der Waals surface area contributed by atoms with E-state index in [-0.39, 0.29) is 42.3 Å². The van der Waals surface area contributed by atoms with Gasteiger partial charge in [-0.25, -0.2) is 0 Å². The molecule has 3 rings (SSSR count). The molecule has 0 saturated heterocycles. The zero-order valence-corrected chi connectivity index (χ0v) is 12.5. The maximum atomic E-state index is 12.2. The van der Waals surface area contributed by atoms with Gasteiger partial charge in [-0.3, -0.25) is 4.79 Å². The molecule has 2 N–H and O–H groups in total. The fraction of sp³-hybridized carbons (Fsp3) is 0. The Balaban J connectivity index is 0.00000120. The third-order valence-corrected chi connectivity index (χ3v) is 2.92. The summed E-state index contributed by atoms with van der Waals surface area (Å²) in [5, 5.41) is 0. The van der Waals surface area contributed by atoms with Crippen LogP contribution >= 0.6 is 0 Å². The van der Waals surface area contributed by atoms with Gasteiger partial charge in [0.2, 0.25) is 0 Å². The molecule has 1 aliphatic rings. The Morgan fingerprint density at radius 1 is 0.889 bits per heavy atom. The smallest absolute Gasteiger partial charge is 0.170 e. The van der Waals surface area contributed by atoms with Gasteiger partial charge < -0.3 is 10.5 Å². The third kappa shape index (κ3) is 1.61. The van der Waals surface area contributed by atoms with Crippen LogP contribution in [0.1, 0.15) is 31.8 Å². The monoisotopic (exact) mass is 286 g/mol. The first kappa shape index (κ1) is 12.7. The Labute approximate surface area is 117 Å². The molecule has 18 heavy (non-hydrogen) atoms. The molecule has 0 spiro atoms. The van der Waals surface area contributed by atoms with Crippen LogP contribution in [0, 0.1) is 6.07 Å². The first-order valence-corrected chi connectivity index (χ1v) is 5.18. The van der Waals surface area contributed by atoms with Gasteiger partial charge in [-0.15, -0.1) is 0 Å². The summed E-state index contributed by atoms with van der Waals surface area (Å²) in [6.07, 6.45) is 0. The van der Waals surface area contributed by atoms with E-state index in [4.69, 9.17) is 5.73 Å². The number of nitrogen functional groups attached to an aromatic ring is 1. The molecule has 0 saturated carbocycles. The molecule has 2 aromatic carbocycles. The van der Waals surface area contributed by atoms with Crippen molar-refractivity contribution in [3.63, 3.8) is 0 Å². The minimum Gasteiger partial charge on any atom is -0.419 e. The van der Waals surface area contributed by atoms with Gasteiger partial charge in [0.25, 0.3) is 0 Å². The Kier molecular flexibility index (Phi) is 3.14. The van der Waals surface area contributed by atoms with Gasteiger partial charge in [-0.2, -0.15) is 18.2 Å². The molecule has 84 valence electrons. The van der Waals surface area contributed by atoms with Gasteiger partial charge >= 0.3 is 0 Å². The summed E-state index contributed by atoms with van der Waals surface area (Å²) in [6.45, 7) is 0. The van der Waals surface area contributed by atoms with Gasteiger partial charge in [-0.1, -0.05) is 41.1 Å². The quantitative estimate of drug-likeness (QED) is 0.390. The predicted molar refractivity (Wildman–Crippen MR) is 63.0 cm³/mol.